The van der Waals surface area contributed by atoms with E-state index in [1.54, 1.807) is 0 Å². The van der Waals surface area contributed by atoms with E-state index in [2.05, 4.69) is 23.5 Å². The number of hydrogen-bond acceptors (Lipinski definition) is 2. The number of nitrogens with one attached hydrogen (secondary N) is 1. The van der Waals surface area contributed by atoms with Gasteiger partial charge in [0.1, 0.15) is 0 Å². The van der Waals surface area contributed by atoms with Gasteiger partial charge in [-0.3, -0.25) is 0 Å². The molecule has 0 radical (unpaired) electrons. The second-order valence-electron chi connectivity index (χ2n) is 4.96. The van der Waals surface area contributed by atoms with E-state index < -0.39 is 0 Å². The van der Waals surface area contributed by atoms with Gasteiger partial charge in [0.25, 0.3) is 0 Å². The summed E-state index contributed by atoms with van der Waals surface area (Å²) in [6, 6.07) is 7.35. The quantitative estimate of drug-likeness (QED) is 0.819. The molecule has 0 aromatic heterocycles. The zero-order chi connectivity index (χ0) is 10.8. The zero-order valence-corrected chi connectivity index (χ0v) is 9.67. The maximum Gasteiger partial charge on any atom is 0.0725 e. The Balaban J connectivity index is 1.69. The summed E-state index contributed by atoms with van der Waals surface area (Å²) < 4.78 is 5.43. The lowest BCUT2D eigenvalue weighted by Gasteiger charge is -2.24. The average molecular weight is 217 g/mol. The highest BCUT2D eigenvalue weighted by molar-refractivity contribution is 5.49. The van der Waals surface area contributed by atoms with Gasteiger partial charge in [-0.15, -0.1) is 0 Å². The monoisotopic (exact) mass is 217 g/mol. The first-order chi connectivity index (χ1) is 7.92. The van der Waals surface area contributed by atoms with Gasteiger partial charge in [0.15, 0.2) is 0 Å². The minimum absolute atomic E-state index is 0.689. The molecule has 1 aromatic rings. The maximum absolute atomic E-state index is 5.43. The number of ether oxygens (including phenoxy) is 1. The van der Waals surface area contributed by atoms with E-state index in [1.807, 2.05) is 0 Å². The normalized spacial score (nSPS) is 20.8. The molecule has 0 amide bonds. The van der Waals surface area contributed by atoms with Crippen LogP contribution in [0.25, 0.3) is 0 Å². The van der Waals surface area contributed by atoms with E-state index in [1.165, 1.54) is 48.9 Å². The molecule has 0 unspecified atom stereocenters. The third-order valence-electron chi connectivity index (χ3n) is 3.70. The van der Waals surface area contributed by atoms with Crippen LogP contribution in [0.2, 0.25) is 0 Å². The number of benzene rings is 1. The van der Waals surface area contributed by atoms with Crippen molar-refractivity contribution < 1.29 is 4.74 Å². The summed E-state index contributed by atoms with van der Waals surface area (Å²) in [5.74, 6) is 0. The van der Waals surface area contributed by atoms with Crippen LogP contribution >= 0.6 is 0 Å². The fourth-order valence-corrected chi connectivity index (χ4v) is 2.74. The van der Waals surface area contributed by atoms with Gasteiger partial charge in [0, 0.05) is 11.7 Å². The summed E-state index contributed by atoms with van der Waals surface area (Å²) in [6.07, 6.45) is 6.83. The van der Waals surface area contributed by atoms with Crippen molar-refractivity contribution in [1.82, 2.24) is 0 Å². The molecule has 1 aliphatic carbocycles. The molecule has 16 heavy (non-hydrogen) atoms. The van der Waals surface area contributed by atoms with E-state index >= 15 is 0 Å². The second kappa shape index (κ2) is 4.46. The van der Waals surface area contributed by atoms with E-state index in [-0.39, 0.29) is 0 Å². The first-order valence-corrected chi connectivity index (χ1v) is 6.38. The lowest BCUT2D eigenvalue weighted by atomic mass is 9.95. The van der Waals surface area contributed by atoms with Crippen molar-refractivity contribution in [2.24, 2.45) is 0 Å². The van der Waals surface area contributed by atoms with Crippen molar-refractivity contribution >= 4 is 5.69 Å². The first kappa shape index (κ1) is 10.2. The maximum atomic E-state index is 5.43. The third-order valence-corrected chi connectivity index (χ3v) is 3.70. The van der Waals surface area contributed by atoms with Crippen LogP contribution in [0.15, 0.2) is 18.2 Å². The highest BCUT2D eigenvalue weighted by Crippen LogP contribution is 2.26. The molecule has 1 N–H and O–H groups in total. The minimum Gasteiger partial charge on any atom is -0.382 e. The molecule has 0 atom stereocenters. The highest BCUT2D eigenvalue weighted by Gasteiger charge is 2.15. The molecule has 1 aliphatic heterocycles. The van der Waals surface area contributed by atoms with Crippen LogP contribution in [-0.2, 0) is 18.0 Å². The predicted octanol–water partition coefficient (Wildman–Crippen LogP) is 3.46. The van der Waals surface area contributed by atoms with Crippen molar-refractivity contribution in [2.75, 3.05) is 5.32 Å². The van der Waals surface area contributed by atoms with E-state index in [0.717, 1.165) is 13.2 Å². The number of hydrogen-bond donors (Lipinski definition) is 1. The van der Waals surface area contributed by atoms with Crippen molar-refractivity contribution in [3.63, 3.8) is 0 Å². The SMILES string of the molecule is c1cc2c(cc1NC1CCCCC1)COC2. The van der Waals surface area contributed by atoms with Gasteiger partial charge in [-0.1, -0.05) is 25.3 Å². The molecule has 1 fully saturated rings. The highest BCUT2D eigenvalue weighted by atomic mass is 16.5. The standard InChI is InChI=1S/C14H19NO/c1-2-4-13(5-3-1)15-14-7-6-11-9-16-10-12(11)8-14/h6-8,13,15H,1-5,9-10H2. The van der Waals surface area contributed by atoms with Crippen LogP contribution in [0.4, 0.5) is 5.69 Å². The van der Waals surface area contributed by atoms with Crippen LogP contribution in [0.1, 0.15) is 43.2 Å². The van der Waals surface area contributed by atoms with Crippen molar-refractivity contribution in [3.05, 3.63) is 29.3 Å². The van der Waals surface area contributed by atoms with Crippen molar-refractivity contribution in [1.29, 1.82) is 0 Å². The second-order valence-corrected chi connectivity index (χ2v) is 4.96. The molecule has 0 bridgehead atoms. The summed E-state index contributed by atoms with van der Waals surface area (Å²) in [5, 5.41) is 3.66. The van der Waals surface area contributed by atoms with Crippen LogP contribution < -0.4 is 5.32 Å². The van der Waals surface area contributed by atoms with E-state index in [9.17, 15) is 0 Å². The topological polar surface area (TPSA) is 21.3 Å². The van der Waals surface area contributed by atoms with Crippen LogP contribution in [0.3, 0.4) is 0 Å². The number of rotatable bonds is 2. The Morgan fingerprint density at radius 2 is 1.81 bits per heavy atom. The van der Waals surface area contributed by atoms with Crippen molar-refractivity contribution in [3.8, 4) is 0 Å². The number of fused-ring (bicyclic) bond motifs is 1. The average Bonchev–Trinajstić information content (AvgIpc) is 2.77. The van der Waals surface area contributed by atoms with Gasteiger partial charge in [-0.25, -0.2) is 0 Å². The predicted molar refractivity (Wildman–Crippen MR) is 65.4 cm³/mol. The molecule has 1 aromatic carbocycles. The number of anilines is 1. The van der Waals surface area contributed by atoms with Gasteiger partial charge >= 0.3 is 0 Å². The lowest BCUT2D eigenvalue weighted by Crippen LogP contribution is -2.22. The molecule has 1 heterocycles. The van der Waals surface area contributed by atoms with Gasteiger partial charge in [0.2, 0.25) is 0 Å². The Morgan fingerprint density at radius 3 is 2.69 bits per heavy atom. The molecular weight excluding hydrogens is 198 g/mol. The third kappa shape index (κ3) is 2.07. The molecular formula is C14H19NO. The molecule has 1 saturated carbocycles. The molecule has 86 valence electrons. The zero-order valence-electron chi connectivity index (χ0n) is 9.67. The van der Waals surface area contributed by atoms with Crippen LogP contribution in [-0.4, -0.2) is 6.04 Å². The molecule has 2 heteroatoms. The fourth-order valence-electron chi connectivity index (χ4n) is 2.74. The van der Waals surface area contributed by atoms with E-state index in [4.69, 9.17) is 4.74 Å². The van der Waals surface area contributed by atoms with Gasteiger partial charge in [-0.05, 0) is 36.1 Å². The van der Waals surface area contributed by atoms with Crippen LogP contribution in [0, 0.1) is 0 Å². The molecule has 2 nitrogen and oxygen atoms in total. The summed E-state index contributed by atoms with van der Waals surface area (Å²) in [7, 11) is 0. The lowest BCUT2D eigenvalue weighted by molar-refractivity contribution is 0.134. The molecule has 2 aliphatic rings. The Bertz CT molecular complexity index is 369. The van der Waals surface area contributed by atoms with Crippen LogP contribution in [0.5, 0.6) is 0 Å². The summed E-state index contributed by atoms with van der Waals surface area (Å²) in [5.41, 5.74) is 3.99. The van der Waals surface area contributed by atoms with Crippen molar-refractivity contribution in [2.45, 2.75) is 51.4 Å². The minimum atomic E-state index is 0.689. The van der Waals surface area contributed by atoms with Gasteiger partial charge < -0.3 is 10.1 Å². The molecule has 0 saturated heterocycles. The summed E-state index contributed by atoms with van der Waals surface area (Å²) in [4.78, 5) is 0. The Hall–Kier alpha value is -1.02. The van der Waals surface area contributed by atoms with E-state index in [0.29, 0.717) is 6.04 Å². The summed E-state index contributed by atoms with van der Waals surface area (Å²) in [6.45, 7) is 1.58. The Morgan fingerprint density at radius 1 is 1.00 bits per heavy atom. The van der Waals surface area contributed by atoms with Gasteiger partial charge in [-0.2, -0.15) is 0 Å². The first-order valence-electron chi connectivity index (χ1n) is 6.38. The Kier molecular flexibility index (Phi) is 2.83. The molecule has 3 rings (SSSR count). The smallest absolute Gasteiger partial charge is 0.0725 e. The largest absolute Gasteiger partial charge is 0.382 e. The molecule has 0 spiro atoms. The fraction of sp³-hybridized carbons (Fsp3) is 0.571. The Labute approximate surface area is 97.0 Å². The van der Waals surface area contributed by atoms with Gasteiger partial charge in [0.05, 0.1) is 13.2 Å². The summed E-state index contributed by atoms with van der Waals surface area (Å²) >= 11 is 0.